The summed E-state index contributed by atoms with van der Waals surface area (Å²) in [6, 6.07) is 12.5. The van der Waals surface area contributed by atoms with Crippen LogP contribution in [0.15, 0.2) is 54.9 Å². The highest BCUT2D eigenvalue weighted by Crippen LogP contribution is 2.39. The fourth-order valence-electron chi connectivity index (χ4n) is 3.67. The molecule has 0 aliphatic carbocycles. The van der Waals surface area contributed by atoms with Crippen molar-refractivity contribution >= 4 is 52.6 Å². The van der Waals surface area contributed by atoms with Gasteiger partial charge < -0.3 is 20.5 Å². The SMILES string of the molecule is CCCCc1cc(NC(=O)Nc2ccc(Oc3cc(NC(=O)NC)ncn3)c(Cl)c2Cl)n(-c2ccc(CO)cc2)n1. The second-order valence-corrected chi connectivity index (χ2v) is 9.48. The quantitative estimate of drug-likeness (QED) is 0.150. The summed E-state index contributed by atoms with van der Waals surface area (Å²) >= 11 is 12.9. The number of aryl methyl sites for hydroxylation is 1. The summed E-state index contributed by atoms with van der Waals surface area (Å²) in [6.07, 6.45) is 3.93. The van der Waals surface area contributed by atoms with E-state index in [9.17, 15) is 14.7 Å². The number of aromatic nitrogens is 4. The molecule has 0 aliphatic rings. The Labute approximate surface area is 246 Å². The minimum Gasteiger partial charge on any atom is -0.437 e. The summed E-state index contributed by atoms with van der Waals surface area (Å²) in [5.41, 5.74) is 2.56. The van der Waals surface area contributed by atoms with Gasteiger partial charge in [-0.15, -0.1) is 0 Å². The first-order valence-electron chi connectivity index (χ1n) is 12.6. The molecule has 0 saturated carbocycles. The van der Waals surface area contributed by atoms with Crippen LogP contribution in [0, 0.1) is 0 Å². The lowest BCUT2D eigenvalue weighted by molar-refractivity contribution is 0.253. The zero-order valence-corrected chi connectivity index (χ0v) is 23.8. The number of aliphatic hydroxyl groups excluding tert-OH is 1. The first-order valence-corrected chi connectivity index (χ1v) is 13.4. The molecular formula is C27H28Cl2N8O4. The van der Waals surface area contributed by atoms with Gasteiger partial charge in [0.25, 0.3) is 0 Å². The number of nitrogens with zero attached hydrogens (tertiary/aromatic N) is 4. The van der Waals surface area contributed by atoms with E-state index in [1.807, 2.05) is 18.2 Å². The van der Waals surface area contributed by atoms with Crippen molar-refractivity contribution in [3.05, 3.63) is 76.2 Å². The monoisotopic (exact) mass is 598 g/mol. The third-order valence-corrected chi connectivity index (χ3v) is 6.64. The molecule has 5 N–H and O–H groups in total. The molecule has 214 valence electrons. The van der Waals surface area contributed by atoms with Gasteiger partial charge in [-0.05, 0) is 42.7 Å². The maximum Gasteiger partial charge on any atom is 0.324 e. The largest absolute Gasteiger partial charge is 0.437 e. The van der Waals surface area contributed by atoms with Gasteiger partial charge in [-0.3, -0.25) is 10.6 Å². The molecular weight excluding hydrogens is 571 g/mol. The van der Waals surface area contributed by atoms with Gasteiger partial charge in [-0.1, -0.05) is 48.7 Å². The summed E-state index contributed by atoms with van der Waals surface area (Å²) in [5, 5.41) is 24.6. The highest BCUT2D eigenvalue weighted by Gasteiger charge is 2.17. The molecule has 0 atom stereocenters. The van der Waals surface area contributed by atoms with Gasteiger partial charge >= 0.3 is 12.1 Å². The average molecular weight is 599 g/mol. The zero-order chi connectivity index (χ0) is 29.4. The van der Waals surface area contributed by atoms with Crippen LogP contribution >= 0.6 is 23.2 Å². The normalized spacial score (nSPS) is 10.7. The number of hydrogen-bond donors (Lipinski definition) is 5. The fourth-order valence-corrected chi connectivity index (χ4v) is 4.08. The van der Waals surface area contributed by atoms with Gasteiger partial charge in [-0.25, -0.2) is 24.2 Å². The molecule has 2 aromatic carbocycles. The van der Waals surface area contributed by atoms with E-state index in [0.717, 1.165) is 36.2 Å². The zero-order valence-electron chi connectivity index (χ0n) is 22.2. The molecule has 14 heteroatoms. The van der Waals surface area contributed by atoms with Crippen molar-refractivity contribution < 1.29 is 19.4 Å². The van der Waals surface area contributed by atoms with E-state index >= 15 is 0 Å². The number of ether oxygens (including phenoxy) is 1. The van der Waals surface area contributed by atoms with Crippen molar-refractivity contribution in [2.75, 3.05) is 23.0 Å². The van der Waals surface area contributed by atoms with Gasteiger partial charge in [0.05, 0.1) is 28.7 Å². The highest BCUT2D eigenvalue weighted by molar-refractivity contribution is 6.45. The van der Waals surface area contributed by atoms with E-state index in [1.54, 1.807) is 16.8 Å². The van der Waals surface area contributed by atoms with Crippen LogP contribution in [0.2, 0.25) is 10.0 Å². The number of carbonyl (C=O) groups excluding carboxylic acids is 2. The Morgan fingerprint density at radius 2 is 1.76 bits per heavy atom. The number of halogens is 2. The topological polar surface area (TPSA) is 155 Å². The second kappa shape index (κ2) is 13.8. The Balaban J connectivity index is 1.49. The number of anilines is 3. The summed E-state index contributed by atoms with van der Waals surface area (Å²) in [5.74, 6) is 0.963. The van der Waals surface area contributed by atoms with Crippen LogP contribution in [0.25, 0.3) is 5.69 Å². The number of aliphatic hydroxyl groups is 1. The van der Waals surface area contributed by atoms with Gasteiger partial charge in [0.1, 0.15) is 28.7 Å². The molecule has 4 aromatic rings. The lowest BCUT2D eigenvalue weighted by Gasteiger charge is -2.14. The molecule has 4 rings (SSSR count). The molecule has 0 spiro atoms. The first kappa shape index (κ1) is 29.6. The van der Waals surface area contributed by atoms with Crippen LogP contribution < -0.4 is 26.0 Å². The Hall–Kier alpha value is -4.39. The highest BCUT2D eigenvalue weighted by atomic mass is 35.5. The van der Waals surface area contributed by atoms with E-state index in [-0.39, 0.29) is 39.8 Å². The maximum atomic E-state index is 13.0. The van der Waals surface area contributed by atoms with Gasteiger partial charge in [0, 0.05) is 19.2 Å². The van der Waals surface area contributed by atoms with Crippen molar-refractivity contribution in [2.45, 2.75) is 32.8 Å². The number of amides is 4. The maximum absolute atomic E-state index is 13.0. The van der Waals surface area contributed by atoms with Gasteiger partial charge in [0.2, 0.25) is 5.88 Å². The van der Waals surface area contributed by atoms with Crippen LogP contribution in [0.5, 0.6) is 11.6 Å². The average Bonchev–Trinajstić information content (AvgIpc) is 3.38. The molecule has 0 unspecified atom stereocenters. The molecule has 12 nitrogen and oxygen atoms in total. The van der Waals surface area contributed by atoms with Crippen molar-refractivity contribution in [3.63, 3.8) is 0 Å². The number of rotatable bonds is 10. The first-order chi connectivity index (χ1) is 19.8. The number of hydrogen-bond acceptors (Lipinski definition) is 7. The molecule has 41 heavy (non-hydrogen) atoms. The minimum atomic E-state index is -0.562. The molecule has 0 aliphatic heterocycles. The molecule has 0 fully saturated rings. The Bertz CT molecular complexity index is 1530. The van der Waals surface area contributed by atoms with Crippen LogP contribution in [0.4, 0.5) is 26.9 Å². The van der Waals surface area contributed by atoms with E-state index in [2.05, 4.69) is 43.3 Å². The van der Waals surface area contributed by atoms with Gasteiger partial charge in [-0.2, -0.15) is 5.10 Å². The number of benzene rings is 2. The molecule has 4 amide bonds. The summed E-state index contributed by atoms with van der Waals surface area (Å²) < 4.78 is 7.35. The summed E-state index contributed by atoms with van der Waals surface area (Å²) in [4.78, 5) is 32.5. The summed E-state index contributed by atoms with van der Waals surface area (Å²) in [7, 11) is 1.47. The predicted octanol–water partition coefficient (Wildman–Crippen LogP) is 5.99. The Morgan fingerprint density at radius 3 is 2.46 bits per heavy atom. The third kappa shape index (κ3) is 7.63. The van der Waals surface area contributed by atoms with E-state index in [4.69, 9.17) is 27.9 Å². The van der Waals surface area contributed by atoms with E-state index < -0.39 is 12.1 Å². The van der Waals surface area contributed by atoms with E-state index in [1.165, 1.54) is 31.6 Å². The number of nitrogens with one attached hydrogen (secondary N) is 4. The van der Waals surface area contributed by atoms with Crippen LogP contribution in [-0.4, -0.2) is 44.0 Å². The minimum absolute atomic E-state index is 0.0414. The Kier molecular flexibility index (Phi) is 9.95. The van der Waals surface area contributed by atoms with Crippen LogP contribution in [0.3, 0.4) is 0 Å². The standard InChI is InChI=1S/C27H28Cl2N8O4/c1-3-4-5-17-12-22(37(36-17)18-8-6-16(14-38)7-9-18)35-27(40)33-19-10-11-20(25(29)24(19)28)41-23-13-21(31-15-32-23)34-26(39)30-2/h6-13,15,38H,3-5,14H2,1-2H3,(H2,33,35,40)(H2,30,31,32,34,39). The van der Waals surface area contributed by atoms with Crippen molar-refractivity contribution in [3.8, 4) is 17.3 Å². The number of unbranched alkanes of at least 4 members (excludes halogenated alkanes) is 1. The fraction of sp³-hybridized carbons (Fsp3) is 0.222. The van der Waals surface area contributed by atoms with Crippen molar-refractivity contribution in [2.24, 2.45) is 0 Å². The van der Waals surface area contributed by atoms with E-state index in [0.29, 0.717) is 5.82 Å². The molecule has 0 radical (unpaired) electrons. The van der Waals surface area contributed by atoms with Crippen molar-refractivity contribution in [1.82, 2.24) is 25.1 Å². The molecule has 0 saturated heterocycles. The summed E-state index contributed by atoms with van der Waals surface area (Å²) in [6.45, 7) is 2.02. The lowest BCUT2D eigenvalue weighted by atomic mass is 10.2. The van der Waals surface area contributed by atoms with Crippen LogP contribution in [0.1, 0.15) is 31.0 Å². The van der Waals surface area contributed by atoms with Gasteiger partial charge in [0.15, 0.2) is 0 Å². The number of urea groups is 2. The van der Waals surface area contributed by atoms with Crippen molar-refractivity contribution in [1.29, 1.82) is 0 Å². The molecule has 2 aromatic heterocycles. The smallest absolute Gasteiger partial charge is 0.324 e. The third-order valence-electron chi connectivity index (χ3n) is 5.77. The number of carbonyl (C=O) groups is 2. The lowest BCUT2D eigenvalue weighted by Crippen LogP contribution is -2.24. The Morgan fingerprint density at radius 1 is 0.976 bits per heavy atom. The van der Waals surface area contributed by atoms with Crippen LogP contribution in [-0.2, 0) is 13.0 Å². The molecule has 2 heterocycles. The molecule has 0 bridgehead atoms. The predicted molar refractivity (Wildman–Crippen MR) is 157 cm³/mol. The second-order valence-electron chi connectivity index (χ2n) is 8.73.